The fourth-order valence-corrected chi connectivity index (χ4v) is 2.33. The van der Waals surface area contributed by atoms with E-state index >= 15 is 0 Å². The summed E-state index contributed by atoms with van der Waals surface area (Å²) in [4.78, 5) is 34.3. The number of amidine groups is 1. The Bertz CT molecular complexity index is 524. The second-order valence-electron chi connectivity index (χ2n) is 4.89. The van der Waals surface area contributed by atoms with E-state index < -0.39 is 5.92 Å². The van der Waals surface area contributed by atoms with Gasteiger partial charge in [0.2, 0.25) is 0 Å². The van der Waals surface area contributed by atoms with Crippen LogP contribution in [0.25, 0.3) is 0 Å². The fourth-order valence-electron chi connectivity index (χ4n) is 2.33. The van der Waals surface area contributed by atoms with Gasteiger partial charge in [-0.1, -0.05) is 0 Å². The number of hydrogen-bond donors (Lipinski definition) is 1. The summed E-state index contributed by atoms with van der Waals surface area (Å²) in [7, 11) is 4.72. The van der Waals surface area contributed by atoms with Crippen LogP contribution in [0.3, 0.4) is 0 Å². The molecular weight excluding hydrogens is 260 g/mol. The predicted molar refractivity (Wildman–Crippen MR) is 73.3 cm³/mol. The molecule has 0 aromatic rings. The van der Waals surface area contributed by atoms with Gasteiger partial charge in [0.25, 0.3) is 11.7 Å². The lowest BCUT2D eigenvalue weighted by molar-refractivity contribution is -0.382. The first-order valence-corrected chi connectivity index (χ1v) is 6.39. The number of fused-ring (bicyclic) bond motifs is 1. The zero-order chi connectivity index (χ0) is 14.9. The van der Waals surface area contributed by atoms with Crippen LogP contribution in [0.4, 0.5) is 4.79 Å². The third-order valence-electron chi connectivity index (χ3n) is 3.34. The van der Waals surface area contributed by atoms with Crippen LogP contribution in [0.15, 0.2) is 17.3 Å². The van der Waals surface area contributed by atoms with Crippen molar-refractivity contribution in [3.63, 3.8) is 0 Å². The van der Waals surface area contributed by atoms with Crippen LogP contribution in [0.1, 0.15) is 6.92 Å². The number of rotatable bonds is 3. The Morgan fingerprint density at radius 3 is 2.75 bits per heavy atom. The van der Waals surface area contributed by atoms with Gasteiger partial charge in [0.05, 0.1) is 31.6 Å². The van der Waals surface area contributed by atoms with E-state index in [4.69, 9.17) is 4.74 Å². The summed E-state index contributed by atoms with van der Waals surface area (Å²) in [5.74, 6) is -0.292. The molecule has 1 saturated heterocycles. The average molecular weight is 279 g/mol. The molecule has 0 aromatic heterocycles. The molecule has 20 heavy (non-hydrogen) atoms. The smallest absolute Gasteiger partial charge is 0.382 e. The summed E-state index contributed by atoms with van der Waals surface area (Å²) in [6, 6.07) is -0.409. The number of imide groups is 1. The third kappa shape index (κ3) is 2.36. The average Bonchev–Trinajstić information content (AvgIpc) is 2.43. The standard InChI is InChI=1S/C13H18N4O3/c1-8(7-20-4)15-9-5-6-14-11-10(9)12(18)17(3)13(19)16(11)2/h5-6,8,10H,7H2,1-4H3/p+1. The summed E-state index contributed by atoms with van der Waals surface area (Å²) in [5.41, 5.74) is 0.638. The molecule has 3 amide bonds. The Hall–Kier alpha value is -2.02. The fraction of sp³-hybridized carbons (Fsp3) is 0.538. The molecule has 1 fully saturated rings. The molecule has 2 atom stereocenters. The summed E-state index contributed by atoms with van der Waals surface area (Å²) in [5, 5.41) is 0. The lowest BCUT2D eigenvalue weighted by atomic mass is 9.95. The van der Waals surface area contributed by atoms with E-state index in [1.165, 1.54) is 11.9 Å². The van der Waals surface area contributed by atoms with Gasteiger partial charge in [-0.15, -0.1) is 0 Å². The number of amides is 3. The minimum Gasteiger partial charge on any atom is -0.382 e. The topological polar surface area (TPSA) is 76.2 Å². The van der Waals surface area contributed by atoms with E-state index in [0.717, 1.165) is 4.90 Å². The molecule has 0 aromatic carbocycles. The van der Waals surface area contributed by atoms with E-state index in [-0.39, 0.29) is 18.0 Å². The van der Waals surface area contributed by atoms with Crippen molar-refractivity contribution in [3.05, 3.63) is 12.3 Å². The molecule has 7 nitrogen and oxygen atoms in total. The minimum atomic E-state index is -0.563. The van der Waals surface area contributed by atoms with Crippen LogP contribution >= 0.6 is 0 Å². The maximum Gasteiger partial charge on any atom is 0.417 e. The molecule has 108 valence electrons. The highest BCUT2D eigenvalue weighted by molar-refractivity contribution is 6.30. The van der Waals surface area contributed by atoms with Crippen LogP contribution in [-0.4, -0.2) is 67.1 Å². The lowest BCUT2D eigenvalue weighted by Crippen LogP contribution is -2.79. The van der Waals surface area contributed by atoms with Gasteiger partial charge < -0.3 is 4.74 Å². The van der Waals surface area contributed by atoms with Crippen molar-refractivity contribution in [3.8, 4) is 0 Å². The lowest BCUT2D eigenvalue weighted by Gasteiger charge is -2.31. The van der Waals surface area contributed by atoms with Gasteiger partial charge >= 0.3 is 6.03 Å². The van der Waals surface area contributed by atoms with E-state index in [9.17, 15) is 9.59 Å². The highest BCUT2D eigenvalue weighted by Gasteiger charge is 2.49. The van der Waals surface area contributed by atoms with E-state index in [1.807, 2.05) is 6.92 Å². The molecular formula is C13H19N4O3+. The van der Waals surface area contributed by atoms with Crippen molar-refractivity contribution in [2.45, 2.75) is 13.0 Å². The van der Waals surface area contributed by atoms with Crippen LogP contribution in [0, 0.1) is 5.92 Å². The van der Waals surface area contributed by atoms with Crippen molar-refractivity contribution in [1.82, 2.24) is 9.80 Å². The summed E-state index contributed by atoms with van der Waals surface area (Å²) < 4.78 is 5.05. The number of carbonyl (C=O) groups is 2. The third-order valence-corrected chi connectivity index (χ3v) is 3.34. The number of nitrogens with zero attached hydrogens (tertiary/aromatic N) is 3. The number of ether oxygens (including phenoxy) is 1. The molecule has 2 heterocycles. The zero-order valence-corrected chi connectivity index (χ0v) is 12.1. The number of carbonyl (C=O) groups excluding carboxylic acids is 2. The Morgan fingerprint density at radius 1 is 1.40 bits per heavy atom. The maximum absolute atomic E-state index is 12.3. The number of hydrogen-bond acceptors (Lipinski definition) is 4. The zero-order valence-electron chi connectivity index (χ0n) is 12.1. The Kier molecular flexibility index (Phi) is 3.99. The highest BCUT2D eigenvalue weighted by Crippen LogP contribution is 2.18. The maximum atomic E-state index is 12.3. The number of allylic oxidation sites excluding steroid dienone is 1. The molecule has 0 radical (unpaired) electrons. The van der Waals surface area contributed by atoms with Crippen LogP contribution in [0.5, 0.6) is 0 Å². The van der Waals surface area contributed by atoms with Crippen LogP contribution < -0.4 is 4.99 Å². The molecule has 0 saturated carbocycles. The summed E-state index contributed by atoms with van der Waals surface area (Å²) in [6.07, 6.45) is 3.45. The van der Waals surface area contributed by atoms with E-state index in [1.54, 1.807) is 26.4 Å². The number of urea groups is 1. The quantitative estimate of drug-likeness (QED) is 0.691. The first-order chi connectivity index (χ1) is 9.47. The summed E-state index contributed by atoms with van der Waals surface area (Å²) >= 11 is 0. The summed E-state index contributed by atoms with van der Waals surface area (Å²) in [6.45, 7) is 2.39. The van der Waals surface area contributed by atoms with Crippen molar-refractivity contribution in [1.29, 1.82) is 0 Å². The first kappa shape index (κ1) is 14.4. The van der Waals surface area contributed by atoms with Crippen molar-refractivity contribution in [2.75, 3.05) is 27.8 Å². The SMILES string of the molecule is COCC(C)N=C1C=C[NH+]=C2C1C(=O)N(C)C(=O)N2C. The molecule has 0 bridgehead atoms. The van der Waals surface area contributed by atoms with Gasteiger partial charge in [-0.3, -0.25) is 9.79 Å². The minimum absolute atomic E-state index is 0.0555. The second-order valence-corrected chi connectivity index (χ2v) is 4.89. The molecule has 1 N–H and O–H groups in total. The van der Waals surface area contributed by atoms with Crippen LogP contribution in [-0.2, 0) is 9.53 Å². The van der Waals surface area contributed by atoms with Crippen molar-refractivity contribution < 1.29 is 19.3 Å². The molecule has 2 aliphatic heterocycles. The van der Waals surface area contributed by atoms with Gasteiger partial charge in [0.1, 0.15) is 0 Å². The predicted octanol–water partition coefficient (Wildman–Crippen LogP) is -1.39. The van der Waals surface area contributed by atoms with Crippen molar-refractivity contribution >= 4 is 23.5 Å². The number of methoxy groups -OCH3 is 1. The molecule has 2 aliphatic rings. The largest absolute Gasteiger partial charge is 0.417 e. The van der Waals surface area contributed by atoms with Gasteiger partial charge in [-0.25, -0.2) is 14.7 Å². The second kappa shape index (κ2) is 5.54. The Morgan fingerprint density at radius 2 is 2.10 bits per heavy atom. The van der Waals surface area contributed by atoms with Gasteiger partial charge in [0, 0.05) is 14.2 Å². The number of aliphatic imine (C=N–C) groups is 1. The van der Waals surface area contributed by atoms with Crippen LogP contribution in [0.2, 0.25) is 0 Å². The monoisotopic (exact) mass is 279 g/mol. The molecule has 2 unspecified atom stereocenters. The van der Waals surface area contributed by atoms with E-state index in [0.29, 0.717) is 18.2 Å². The molecule has 2 rings (SSSR count). The first-order valence-electron chi connectivity index (χ1n) is 6.39. The normalized spacial score (nSPS) is 25.9. The van der Waals surface area contributed by atoms with Gasteiger partial charge in [0.15, 0.2) is 5.92 Å². The Labute approximate surface area is 117 Å². The van der Waals surface area contributed by atoms with Gasteiger partial charge in [-0.05, 0) is 13.0 Å². The highest BCUT2D eigenvalue weighted by atomic mass is 16.5. The van der Waals surface area contributed by atoms with Gasteiger partial charge in [-0.2, -0.15) is 4.90 Å². The van der Waals surface area contributed by atoms with Crippen molar-refractivity contribution in [2.24, 2.45) is 10.9 Å². The Balaban J connectivity index is 2.36. The number of nitrogens with one attached hydrogen (secondary N) is 1. The molecule has 0 aliphatic carbocycles. The van der Waals surface area contributed by atoms with E-state index in [2.05, 4.69) is 9.98 Å². The molecule has 7 heteroatoms. The molecule has 0 spiro atoms.